The summed E-state index contributed by atoms with van der Waals surface area (Å²) in [5.74, 6) is 0.534. The van der Waals surface area contributed by atoms with E-state index in [0.717, 1.165) is 32.0 Å². The second-order valence-electron chi connectivity index (χ2n) is 7.52. The molecule has 0 bridgehead atoms. The fourth-order valence-corrected chi connectivity index (χ4v) is 4.68. The van der Waals surface area contributed by atoms with Crippen molar-refractivity contribution in [1.82, 2.24) is 10.2 Å². The molecule has 4 unspecified atom stereocenters. The van der Waals surface area contributed by atoms with Crippen molar-refractivity contribution in [1.29, 1.82) is 0 Å². The lowest BCUT2D eigenvalue weighted by Crippen LogP contribution is -2.56. The van der Waals surface area contributed by atoms with Crippen LogP contribution in [0.25, 0.3) is 0 Å². The number of piperidine rings is 2. The molecule has 2 aliphatic heterocycles. The molecule has 3 aliphatic rings. The summed E-state index contributed by atoms with van der Waals surface area (Å²) < 4.78 is 0. The molecule has 3 rings (SSSR count). The molecule has 0 aromatic rings. The molecule has 3 nitrogen and oxygen atoms in total. The highest BCUT2D eigenvalue weighted by Crippen LogP contribution is 2.40. The lowest BCUT2D eigenvalue weighted by molar-refractivity contribution is -0.102. The molecule has 2 N–H and O–H groups in total. The maximum Gasteiger partial charge on any atom is 0.0700 e. The molecule has 0 amide bonds. The van der Waals surface area contributed by atoms with Crippen molar-refractivity contribution >= 4 is 0 Å². The van der Waals surface area contributed by atoms with E-state index in [1.165, 1.54) is 51.5 Å². The molecule has 4 atom stereocenters. The van der Waals surface area contributed by atoms with Crippen LogP contribution in [-0.4, -0.2) is 47.3 Å². The van der Waals surface area contributed by atoms with E-state index in [-0.39, 0.29) is 5.60 Å². The van der Waals surface area contributed by atoms with Gasteiger partial charge in [0.25, 0.3) is 0 Å². The maximum atomic E-state index is 10.8. The van der Waals surface area contributed by atoms with Crippen molar-refractivity contribution in [3.8, 4) is 0 Å². The summed E-state index contributed by atoms with van der Waals surface area (Å²) in [5, 5.41) is 14.4. The summed E-state index contributed by atoms with van der Waals surface area (Å²) in [5.41, 5.74) is -0.322. The number of nitrogens with zero attached hydrogens (tertiary/aromatic N) is 1. The molecule has 0 aromatic carbocycles. The van der Waals surface area contributed by atoms with Gasteiger partial charge in [0.05, 0.1) is 5.60 Å². The Morgan fingerprint density at radius 3 is 2.85 bits per heavy atom. The van der Waals surface area contributed by atoms with Crippen LogP contribution in [0.5, 0.6) is 0 Å². The van der Waals surface area contributed by atoms with Gasteiger partial charge in [0.2, 0.25) is 0 Å². The second kappa shape index (κ2) is 6.33. The van der Waals surface area contributed by atoms with Crippen LogP contribution in [0.15, 0.2) is 0 Å². The Bertz CT molecular complexity index is 316. The molecule has 0 radical (unpaired) electrons. The van der Waals surface area contributed by atoms with Crippen molar-refractivity contribution in [2.24, 2.45) is 5.92 Å². The number of fused-ring (bicyclic) bond motifs is 1. The molecule has 1 aliphatic carbocycles. The standard InChI is InChI=1S/C17H32N2O/c1-14(12-16-7-3-5-10-18-16)19-11-9-17(20)8-4-2-6-15(17)13-19/h14-16,18,20H,2-13H2,1H3. The van der Waals surface area contributed by atoms with Crippen LogP contribution in [0.1, 0.15) is 64.7 Å². The van der Waals surface area contributed by atoms with E-state index >= 15 is 0 Å². The van der Waals surface area contributed by atoms with Crippen LogP contribution >= 0.6 is 0 Å². The van der Waals surface area contributed by atoms with Gasteiger partial charge < -0.3 is 15.3 Å². The molecule has 1 saturated carbocycles. The molecule has 3 heteroatoms. The number of aliphatic hydroxyl groups is 1. The highest BCUT2D eigenvalue weighted by molar-refractivity contribution is 4.96. The Kier molecular flexibility index (Phi) is 4.68. The lowest BCUT2D eigenvalue weighted by atomic mass is 9.71. The smallest absolute Gasteiger partial charge is 0.0700 e. The van der Waals surface area contributed by atoms with Gasteiger partial charge in [-0.25, -0.2) is 0 Å². The van der Waals surface area contributed by atoms with E-state index in [2.05, 4.69) is 17.1 Å². The Morgan fingerprint density at radius 1 is 1.20 bits per heavy atom. The molecular weight excluding hydrogens is 248 g/mol. The van der Waals surface area contributed by atoms with Gasteiger partial charge in [0.1, 0.15) is 0 Å². The van der Waals surface area contributed by atoms with Gasteiger partial charge in [0.15, 0.2) is 0 Å². The molecule has 3 fully saturated rings. The van der Waals surface area contributed by atoms with E-state index in [4.69, 9.17) is 0 Å². The second-order valence-corrected chi connectivity index (χ2v) is 7.52. The van der Waals surface area contributed by atoms with Gasteiger partial charge >= 0.3 is 0 Å². The fourth-order valence-electron chi connectivity index (χ4n) is 4.68. The average Bonchev–Trinajstić information content (AvgIpc) is 2.47. The SMILES string of the molecule is CC(CC1CCCCN1)N1CCC2(O)CCCCC2C1. The normalized spacial score (nSPS) is 41.1. The number of hydrogen-bond donors (Lipinski definition) is 2. The van der Waals surface area contributed by atoms with Crippen molar-refractivity contribution in [2.45, 2.75) is 82.4 Å². The molecular formula is C17H32N2O. The summed E-state index contributed by atoms with van der Waals surface area (Å²) in [4.78, 5) is 2.65. The predicted molar refractivity (Wildman–Crippen MR) is 82.8 cm³/mol. The Morgan fingerprint density at radius 2 is 2.05 bits per heavy atom. The van der Waals surface area contributed by atoms with Gasteiger partial charge in [0, 0.05) is 31.1 Å². The monoisotopic (exact) mass is 280 g/mol. The molecule has 20 heavy (non-hydrogen) atoms. The molecule has 0 aromatic heterocycles. The van der Waals surface area contributed by atoms with E-state index < -0.39 is 0 Å². The predicted octanol–water partition coefficient (Wildman–Crippen LogP) is 2.53. The molecule has 116 valence electrons. The van der Waals surface area contributed by atoms with Crippen molar-refractivity contribution < 1.29 is 5.11 Å². The van der Waals surface area contributed by atoms with Crippen LogP contribution in [0.3, 0.4) is 0 Å². The third-order valence-electron chi connectivity index (χ3n) is 6.12. The first kappa shape index (κ1) is 14.8. The quantitative estimate of drug-likeness (QED) is 0.834. The molecule has 2 saturated heterocycles. The van der Waals surface area contributed by atoms with Crippen molar-refractivity contribution in [2.75, 3.05) is 19.6 Å². The summed E-state index contributed by atoms with van der Waals surface area (Å²) >= 11 is 0. The third kappa shape index (κ3) is 3.20. The minimum absolute atomic E-state index is 0.322. The zero-order valence-corrected chi connectivity index (χ0v) is 13.1. The van der Waals surface area contributed by atoms with Crippen molar-refractivity contribution in [3.63, 3.8) is 0 Å². The number of likely N-dealkylation sites (tertiary alicyclic amines) is 1. The summed E-state index contributed by atoms with van der Waals surface area (Å²) in [6.07, 6.45) is 11.2. The summed E-state index contributed by atoms with van der Waals surface area (Å²) in [7, 11) is 0. The van der Waals surface area contributed by atoms with Crippen LogP contribution in [0.2, 0.25) is 0 Å². The first-order valence-electron chi connectivity index (χ1n) is 8.87. The molecule has 2 heterocycles. The van der Waals surface area contributed by atoms with Crippen LogP contribution < -0.4 is 5.32 Å². The van der Waals surface area contributed by atoms with Crippen LogP contribution in [-0.2, 0) is 0 Å². The van der Waals surface area contributed by atoms with Crippen molar-refractivity contribution in [3.05, 3.63) is 0 Å². The zero-order chi connectivity index (χ0) is 14.0. The fraction of sp³-hybridized carbons (Fsp3) is 1.00. The first-order valence-corrected chi connectivity index (χ1v) is 8.87. The lowest BCUT2D eigenvalue weighted by Gasteiger charge is -2.49. The molecule has 0 spiro atoms. The number of nitrogens with one attached hydrogen (secondary N) is 1. The largest absolute Gasteiger partial charge is 0.390 e. The highest BCUT2D eigenvalue weighted by Gasteiger charge is 2.43. The highest BCUT2D eigenvalue weighted by atomic mass is 16.3. The topological polar surface area (TPSA) is 35.5 Å². The van der Waals surface area contributed by atoms with E-state index in [9.17, 15) is 5.11 Å². The third-order valence-corrected chi connectivity index (χ3v) is 6.12. The first-order chi connectivity index (χ1) is 9.67. The van der Waals surface area contributed by atoms with Gasteiger partial charge in [-0.15, -0.1) is 0 Å². The van der Waals surface area contributed by atoms with Crippen LogP contribution in [0.4, 0.5) is 0 Å². The Labute approximate surface area is 124 Å². The Hall–Kier alpha value is -0.120. The van der Waals surface area contributed by atoms with E-state index in [1.54, 1.807) is 0 Å². The van der Waals surface area contributed by atoms with Crippen LogP contribution in [0, 0.1) is 5.92 Å². The van der Waals surface area contributed by atoms with Gasteiger partial charge in [-0.3, -0.25) is 0 Å². The zero-order valence-electron chi connectivity index (χ0n) is 13.1. The minimum Gasteiger partial charge on any atom is -0.390 e. The summed E-state index contributed by atoms with van der Waals surface area (Å²) in [6, 6.07) is 1.39. The average molecular weight is 280 g/mol. The van der Waals surface area contributed by atoms with E-state index in [0.29, 0.717) is 12.0 Å². The minimum atomic E-state index is -0.322. The van der Waals surface area contributed by atoms with Gasteiger partial charge in [-0.1, -0.05) is 19.3 Å². The number of hydrogen-bond acceptors (Lipinski definition) is 3. The maximum absolute atomic E-state index is 10.8. The van der Waals surface area contributed by atoms with Gasteiger partial charge in [-0.05, 0) is 52.0 Å². The van der Waals surface area contributed by atoms with E-state index in [1.807, 2.05) is 0 Å². The Balaban J connectivity index is 1.52. The number of rotatable bonds is 3. The summed E-state index contributed by atoms with van der Waals surface area (Å²) in [6.45, 7) is 5.83. The van der Waals surface area contributed by atoms with Gasteiger partial charge in [-0.2, -0.15) is 0 Å².